The van der Waals surface area contributed by atoms with Crippen LogP contribution < -0.4 is 9.80 Å². The molecule has 0 saturated carbocycles. The largest absolute Gasteiger partial charge is 0.465 e. The Bertz CT molecular complexity index is 936. The van der Waals surface area contributed by atoms with Crippen LogP contribution in [0.2, 0.25) is 0 Å². The van der Waals surface area contributed by atoms with Crippen LogP contribution in [0, 0.1) is 21.4 Å². The molecule has 0 aliphatic carbocycles. The maximum absolute atomic E-state index is 11.6. The van der Waals surface area contributed by atoms with Crippen LogP contribution in [-0.2, 0) is 4.74 Å². The number of nitro benzene ring substituents is 1. The molecular formula is C20H20N4O4. The van der Waals surface area contributed by atoms with Gasteiger partial charge in [0.05, 0.1) is 29.2 Å². The number of anilines is 2. The van der Waals surface area contributed by atoms with Gasteiger partial charge in [-0.25, -0.2) is 4.79 Å². The highest BCUT2D eigenvalue weighted by Crippen LogP contribution is 2.32. The molecule has 0 aromatic heterocycles. The zero-order valence-electron chi connectivity index (χ0n) is 15.7. The van der Waals surface area contributed by atoms with E-state index in [1.807, 2.05) is 30.0 Å². The van der Waals surface area contributed by atoms with E-state index in [-0.39, 0.29) is 23.3 Å². The normalized spacial score (nSPS) is 16.4. The first-order valence-electron chi connectivity index (χ1n) is 8.83. The van der Waals surface area contributed by atoms with Crippen molar-refractivity contribution in [1.29, 1.82) is 5.26 Å². The van der Waals surface area contributed by atoms with Crippen LogP contribution in [0.3, 0.4) is 0 Å². The number of benzene rings is 2. The Morgan fingerprint density at radius 1 is 1.25 bits per heavy atom. The van der Waals surface area contributed by atoms with Crippen molar-refractivity contribution in [3.8, 4) is 6.07 Å². The lowest BCUT2D eigenvalue weighted by atomic mass is 10.1. The monoisotopic (exact) mass is 380 g/mol. The van der Waals surface area contributed by atoms with Crippen LogP contribution in [0.5, 0.6) is 0 Å². The molecule has 1 fully saturated rings. The number of nitro groups is 1. The molecule has 144 valence electrons. The fraction of sp³-hybridized carbons (Fsp3) is 0.300. The van der Waals surface area contributed by atoms with E-state index in [2.05, 4.69) is 4.90 Å². The van der Waals surface area contributed by atoms with Crippen LogP contribution in [0.15, 0.2) is 42.5 Å². The standard InChI is InChI=1S/C20H20N4O4/c1-14-13-22(17-6-4-16(5-7-17)20(25)28-2)9-10-23(14)18-8-3-15(12-21)11-19(18)24(26)27/h3-8,11,14H,9-10,13H2,1-2H3. The van der Waals surface area contributed by atoms with Gasteiger partial charge in [-0.05, 0) is 43.3 Å². The Balaban J connectivity index is 1.78. The van der Waals surface area contributed by atoms with E-state index in [1.54, 1.807) is 24.3 Å². The first kappa shape index (κ1) is 19.2. The predicted molar refractivity (Wildman–Crippen MR) is 105 cm³/mol. The van der Waals surface area contributed by atoms with Crippen LogP contribution in [0.1, 0.15) is 22.8 Å². The third-order valence-corrected chi connectivity index (χ3v) is 4.89. The Hall–Kier alpha value is -3.60. The van der Waals surface area contributed by atoms with Crippen molar-refractivity contribution in [2.75, 3.05) is 36.5 Å². The SMILES string of the molecule is COC(=O)c1ccc(N2CCN(c3ccc(C#N)cc3[N+](=O)[O-])C(C)C2)cc1. The number of carbonyl (C=O) groups excluding carboxylic acids is 1. The van der Waals surface area contributed by atoms with E-state index in [0.29, 0.717) is 30.9 Å². The van der Waals surface area contributed by atoms with Crippen molar-refractivity contribution >= 4 is 23.0 Å². The second kappa shape index (κ2) is 7.96. The second-order valence-electron chi connectivity index (χ2n) is 6.60. The van der Waals surface area contributed by atoms with Crippen LogP contribution in [0.4, 0.5) is 17.1 Å². The van der Waals surface area contributed by atoms with Crippen LogP contribution in [0.25, 0.3) is 0 Å². The van der Waals surface area contributed by atoms with Gasteiger partial charge < -0.3 is 14.5 Å². The smallest absolute Gasteiger partial charge is 0.337 e. The van der Waals surface area contributed by atoms with Gasteiger partial charge in [0.15, 0.2) is 0 Å². The molecule has 8 nitrogen and oxygen atoms in total. The molecule has 0 N–H and O–H groups in total. The molecule has 1 aliphatic heterocycles. The predicted octanol–water partition coefficient (Wildman–Crippen LogP) is 2.97. The maximum Gasteiger partial charge on any atom is 0.337 e. The molecule has 0 radical (unpaired) electrons. The lowest BCUT2D eigenvalue weighted by Crippen LogP contribution is -2.52. The number of ether oxygens (including phenoxy) is 1. The van der Waals surface area contributed by atoms with E-state index in [0.717, 1.165) is 5.69 Å². The number of nitrogens with zero attached hydrogens (tertiary/aromatic N) is 4. The molecule has 1 saturated heterocycles. The molecule has 1 unspecified atom stereocenters. The molecule has 1 atom stereocenters. The number of esters is 1. The first-order valence-corrected chi connectivity index (χ1v) is 8.83. The number of nitriles is 1. The topological polar surface area (TPSA) is 99.7 Å². The molecule has 0 bridgehead atoms. The number of rotatable bonds is 4. The molecule has 1 aliphatic rings. The van der Waals surface area contributed by atoms with E-state index in [4.69, 9.17) is 10.00 Å². The van der Waals surface area contributed by atoms with Gasteiger partial charge in [0, 0.05) is 37.4 Å². The Labute approximate surface area is 162 Å². The highest BCUT2D eigenvalue weighted by atomic mass is 16.6. The number of carbonyl (C=O) groups is 1. The fourth-order valence-electron chi connectivity index (χ4n) is 3.46. The average molecular weight is 380 g/mol. The number of hydrogen-bond acceptors (Lipinski definition) is 7. The summed E-state index contributed by atoms with van der Waals surface area (Å²) in [7, 11) is 1.35. The van der Waals surface area contributed by atoms with E-state index >= 15 is 0 Å². The summed E-state index contributed by atoms with van der Waals surface area (Å²) in [5.41, 5.74) is 2.21. The lowest BCUT2D eigenvalue weighted by molar-refractivity contribution is -0.384. The molecule has 2 aromatic carbocycles. The average Bonchev–Trinajstić information content (AvgIpc) is 2.72. The Morgan fingerprint density at radius 2 is 1.96 bits per heavy atom. The van der Waals surface area contributed by atoms with E-state index in [9.17, 15) is 14.9 Å². The summed E-state index contributed by atoms with van der Waals surface area (Å²) >= 11 is 0. The van der Waals surface area contributed by atoms with Gasteiger partial charge in [0.1, 0.15) is 5.69 Å². The highest BCUT2D eigenvalue weighted by Gasteiger charge is 2.29. The van der Waals surface area contributed by atoms with Gasteiger partial charge in [0.25, 0.3) is 5.69 Å². The highest BCUT2D eigenvalue weighted by molar-refractivity contribution is 5.89. The minimum absolute atomic E-state index is 0.0284. The fourth-order valence-corrected chi connectivity index (χ4v) is 3.46. The maximum atomic E-state index is 11.6. The minimum Gasteiger partial charge on any atom is -0.465 e. The summed E-state index contributed by atoms with van der Waals surface area (Å²) in [5.74, 6) is -0.377. The molecule has 2 aromatic rings. The van der Waals surface area contributed by atoms with Crippen molar-refractivity contribution in [1.82, 2.24) is 0 Å². The number of piperazine rings is 1. The Morgan fingerprint density at radius 3 is 2.54 bits per heavy atom. The van der Waals surface area contributed by atoms with Crippen LogP contribution in [-0.4, -0.2) is 43.7 Å². The summed E-state index contributed by atoms with van der Waals surface area (Å²) in [4.78, 5) is 26.8. The van der Waals surface area contributed by atoms with Gasteiger partial charge in [-0.15, -0.1) is 0 Å². The van der Waals surface area contributed by atoms with Gasteiger partial charge in [-0.1, -0.05) is 0 Å². The van der Waals surface area contributed by atoms with E-state index in [1.165, 1.54) is 13.2 Å². The zero-order chi connectivity index (χ0) is 20.3. The van der Waals surface area contributed by atoms with Crippen LogP contribution >= 0.6 is 0 Å². The third-order valence-electron chi connectivity index (χ3n) is 4.89. The van der Waals surface area contributed by atoms with Crippen molar-refractivity contribution in [2.24, 2.45) is 0 Å². The summed E-state index contributed by atoms with van der Waals surface area (Å²) < 4.78 is 4.71. The minimum atomic E-state index is -0.444. The zero-order valence-corrected chi connectivity index (χ0v) is 15.7. The Kier molecular flexibility index (Phi) is 5.45. The van der Waals surface area contributed by atoms with Gasteiger partial charge in [-0.3, -0.25) is 10.1 Å². The molecule has 0 spiro atoms. The van der Waals surface area contributed by atoms with Crippen molar-refractivity contribution in [3.63, 3.8) is 0 Å². The van der Waals surface area contributed by atoms with Gasteiger partial charge in [-0.2, -0.15) is 5.26 Å². The molecule has 3 rings (SSSR count). The first-order chi connectivity index (χ1) is 13.4. The van der Waals surface area contributed by atoms with Crippen molar-refractivity contribution in [3.05, 3.63) is 63.7 Å². The van der Waals surface area contributed by atoms with Crippen molar-refractivity contribution in [2.45, 2.75) is 13.0 Å². The summed E-state index contributed by atoms with van der Waals surface area (Å²) in [5, 5.41) is 20.5. The molecular weight excluding hydrogens is 360 g/mol. The number of methoxy groups -OCH3 is 1. The summed E-state index contributed by atoms with van der Waals surface area (Å²) in [6, 6.07) is 13.7. The van der Waals surface area contributed by atoms with E-state index < -0.39 is 4.92 Å². The summed E-state index contributed by atoms with van der Waals surface area (Å²) in [6.45, 7) is 3.97. The molecule has 1 heterocycles. The second-order valence-corrected chi connectivity index (χ2v) is 6.60. The molecule has 8 heteroatoms. The summed E-state index contributed by atoms with van der Waals surface area (Å²) in [6.07, 6.45) is 0. The van der Waals surface area contributed by atoms with Gasteiger partial charge >= 0.3 is 5.97 Å². The quantitative estimate of drug-likeness (QED) is 0.457. The lowest BCUT2D eigenvalue weighted by Gasteiger charge is -2.42. The molecule has 0 amide bonds. The number of hydrogen-bond donors (Lipinski definition) is 0. The third kappa shape index (κ3) is 3.74. The molecule has 28 heavy (non-hydrogen) atoms. The van der Waals surface area contributed by atoms with Crippen molar-refractivity contribution < 1.29 is 14.5 Å². The van der Waals surface area contributed by atoms with Gasteiger partial charge in [0.2, 0.25) is 0 Å².